The van der Waals surface area contributed by atoms with Crippen molar-refractivity contribution < 1.29 is 44.6 Å². The summed E-state index contributed by atoms with van der Waals surface area (Å²) in [6.45, 7) is -4.29. The number of nitrogens with zero attached hydrogens (tertiary/aromatic N) is 1. The van der Waals surface area contributed by atoms with Crippen molar-refractivity contribution in [1.29, 1.82) is 0 Å². The van der Waals surface area contributed by atoms with E-state index in [1.165, 1.54) is 0 Å². The molecule has 0 aromatic rings. The van der Waals surface area contributed by atoms with Gasteiger partial charge in [-0.1, -0.05) is 0 Å². The lowest BCUT2D eigenvalue weighted by atomic mass is 9.89. The average Bonchev–Trinajstić information content (AvgIpc) is 2.71. The van der Waals surface area contributed by atoms with Gasteiger partial charge in [0.25, 0.3) is 0 Å². The van der Waals surface area contributed by atoms with E-state index in [4.69, 9.17) is 16.2 Å². The van der Waals surface area contributed by atoms with Crippen LogP contribution in [0, 0.1) is 0 Å². The van der Waals surface area contributed by atoms with Crippen molar-refractivity contribution in [2.45, 2.75) is 99.0 Å². The largest absolute Gasteiger partial charge is 0.380 e. The molecule has 0 aromatic carbocycles. The van der Waals surface area contributed by atoms with E-state index in [1.807, 2.05) is 19.0 Å². The van der Waals surface area contributed by atoms with E-state index in [2.05, 4.69) is 4.74 Å². The Labute approximate surface area is 188 Å². The van der Waals surface area contributed by atoms with Crippen LogP contribution in [-0.2, 0) is 9.47 Å². The van der Waals surface area contributed by atoms with E-state index < -0.39 is 55.2 Å². The molecule has 5 nitrogen and oxygen atoms in total. The number of rotatable bonds is 10. The molecule has 196 valence electrons. The Morgan fingerprint density at radius 3 is 1.67 bits per heavy atom. The first kappa shape index (κ1) is 28.5. The second kappa shape index (κ2) is 10.5. The quantitative estimate of drug-likeness (QED) is 0.449. The summed E-state index contributed by atoms with van der Waals surface area (Å²) in [5.41, 5.74) is 11.3. The van der Waals surface area contributed by atoms with Gasteiger partial charge in [-0.05, 0) is 59.0 Å². The summed E-state index contributed by atoms with van der Waals surface area (Å²) >= 11 is 0. The summed E-state index contributed by atoms with van der Waals surface area (Å²) in [6.07, 6.45) is 0.156. The van der Waals surface area contributed by atoms with Gasteiger partial charge in [0.05, 0.1) is 12.2 Å². The maximum Gasteiger partial charge on any atom is 0.380 e. The van der Waals surface area contributed by atoms with Crippen LogP contribution in [0.25, 0.3) is 0 Å². The van der Waals surface area contributed by atoms with Crippen LogP contribution in [0.4, 0.5) is 35.1 Å². The van der Waals surface area contributed by atoms with Crippen LogP contribution in [-0.4, -0.2) is 86.2 Å². The van der Waals surface area contributed by atoms with E-state index in [-0.39, 0.29) is 37.8 Å². The van der Waals surface area contributed by atoms with Crippen molar-refractivity contribution >= 4 is 0 Å². The molecule has 0 amide bonds. The molecule has 3 atom stereocenters. The van der Waals surface area contributed by atoms with Gasteiger partial charge in [0.2, 0.25) is 0 Å². The molecule has 0 saturated heterocycles. The zero-order valence-electron chi connectivity index (χ0n) is 18.7. The Bertz CT molecular complexity index is 630. The predicted octanol–water partition coefficient (Wildman–Crippen LogP) is 3.64. The summed E-state index contributed by atoms with van der Waals surface area (Å²) in [4.78, 5) is 1.91. The lowest BCUT2D eigenvalue weighted by molar-refractivity contribution is -0.379. The Hall–Kier alpha value is -0.760. The Balaban J connectivity index is 1.99. The molecule has 3 unspecified atom stereocenters. The van der Waals surface area contributed by atoms with E-state index in [0.717, 1.165) is 0 Å². The van der Waals surface area contributed by atoms with Gasteiger partial charge in [-0.15, -0.1) is 0 Å². The van der Waals surface area contributed by atoms with E-state index in [1.54, 1.807) is 0 Å². The summed E-state index contributed by atoms with van der Waals surface area (Å²) in [6, 6.07) is -1.04. The molecule has 2 fully saturated rings. The van der Waals surface area contributed by atoms with Gasteiger partial charge in [0.1, 0.15) is 13.2 Å². The van der Waals surface area contributed by atoms with Gasteiger partial charge >= 0.3 is 23.7 Å². The maximum absolute atomic E-state index is 14.1. The normalized spacial score (nSPS) is 30.6. The van der Waals surface area contributed by atoms with Crippen LogP contribution in [0.15, 0.2) is 0 Å². The lowest BCUT2D eigenvalue weighted by Crippen LogP contribution is -2.65. The lowest BCUT2D eigenvalue weighted by Gasteiger charge is -2.39. The first-order valence-electron chi connectivity index (χ1n) is 10.9. The fraction of sp³-hybridized carbons (Fsp3) is 1.00. The average molecular weight is 499 g/mol. The zero-order valence-corrected chi connectivity index (χ0v) is 18.7. The van der Waals surface area contributed by atoms with Gasteiger partial charge in [-0.25, -0.2) is 0 Å². The Morgan fingerprint density at radius 1 is 0.727 bits per heavy atom. The summed E-state index contributed by atoms with van der Waals surface area (Å²) in [7, 11) is 3.65. The van der Waals surface area contributed by atoms with Crippen LogP contribution >= 0.6 is 0 Å². The Kier molecular flexibility index (Phi) is 9.03. The minimum Gasteiger partial charge on any atom is -0.372 e. The fourth-order valence-electron chi connectivity index (χ4n) is 4.22. The molecule has 0 aromatic heterocycles. The van der Waals surface area contributed by atoms with Crippen LogP contribution in [0.5, 0.6) is 0 Å². The molecular formula is C20H33F8N3O2. The first-order valence-corrected chi connectivity index (χ1v) is 10.9. The van der Waals surface area contributed by atoms with Crippen molar-refractivity contribution in [1.82, 2.24) is 4.90 Å². The number of hydrogen-bond acceptors (Lipinski definition) is 5. The van der Waals surface area contributed by atoms with E-state index >= 15 is 0 Å². The molecule has 0 heterocycles. The van der Waals surface area contributed by atoms with Gasteiger partial charge in [-0.2, -0.15) is 35.1 Å². The van der Waals surface area contributed by atoms with Gasteiger partial charge in [0.15, 0.2) is 0 Å². The molecule has 0 radical (unpaired) electrons. The molecule has 2 aliphatic rings. The van der Waals surface area contributed by atoms with Crippen molar-refractivity contribution in [3.63, 3.8) is 0 Å². The van der Waals surface area contributed by atoms with Gasteiger partial charge in [0, 0.05) is 18.1 Å². The van der Waals surface area contributed by atoms with E-state index in [9.17, 15) is 35.1 Å². The van der Waals surface area contributed by atoms with Gasteiger partial charge in [-0.3, -0.25) is 0 Å². The topological polar surface area (TPSA) is 73.7 Å². The third-order valence-electron chi connectivity index (χ3n) is 6.54. The third kappa shape index (κ3) is 6.28. The highest BCUT2D eigenvalue weighted by Crippen LogP contribution is 2.53. The highest BCUT2D eigenvalue weighted by Gasteiger charge is 2.80. The van der Waals surface area contributed by atoms with Crippen LogP contribution in [0.3, 0.4) is 0 Å². The molecule has 33 heavy (non-hydrogen) atoms. The molecule has 0 bridgehead atoms. The van der Waals surface area contributed by atoms with Crippen molar-refractivity contribution in [2.75, 3.05) is 27.3 Å². The minimum absolute atomic E-state index is 0.0560. The third-order valence-corrected chi connectivity index (χ3v) is 6.54. The van der Waals surface area contributed by atoms with Gasteiger partial charge < -0.3 is 25.8 Å². The molecule has 2 aliphatic carbocycles. The first-order chi connectivity index (χ1) is 15.0. The molecule has 13 heteroatoms. The van der Waals surface area contributed by atoms with E-state index in [0.29, 0.717) is 19.3 Å². The number of nitrogens with two attached hydrogens (primary N) is 2. The number of alkyl halides is 8. The summed E-state index contributed by atoms with van der Waals surface area (Å²) in [5.74, 6) is -23.9. The second-order valence-electron chi connectivity index (χ2n) is 9.35. The molecule has 2 rings (SSSR count). The summed E-state index contributed by atoms with van der Waals surface area (Å²) < 4.78 is 122. The second-order valence-corrected chi connectivity index (χ2v) is 9.35. The number of hydrogen-bond donors (Lipinski definition) is 2. The smallest absolute Gasteiger partial charge is 0.372 e. The molecular weight excluding hydrogens is 466 g/mol. The molecule has 2 saturated carbocycles. The highest BCUT2D eigenvalue weighted by molar-refractivity contribution is 5.04. The predicted molar refractivity (Wildman–Crippen MR) is 105 cm³/mol. The summed E-state index contributed by atoms with van der Waals surface area (Å²) in [5, 5.41) is 0. The standard InChI is InChI=1S/C20H33F8N3O2/c1-31(2)13-4-6-14(7-5-13)32-10-17(21,22)19(25,26)20(27,28)18(23,24)11-33-16-8-3-12(29)9-15(16)30/h12-16H,3-11,29-30H2,1-2H3. The van der Waals surface area contributed by atoms with Crippen LogP contribution in [0.2, 0.25) is 0 Å². The Morgan fingerprint density at radius 2 is 1.21 bits per heavy atom. The van der Waals surface area contributed by atoms with Crippen LogP contribution in [0.1, 0.15) is 44.9 Å². The van der Waals surface area contributed by atoms with Crippen LogP contribution < -0.4 is 11.5 Å². The SMILES string of the molecule is CN(C)C1CCC(OCC(F)(F)C(F)(F)C(F)(F)C(F)(F)COC2CCC(N)CC2N)CC1. The highest BCUT2D eigenvalue weighted by atomic mass is 19.4. The number of ether oxygens (including phenoxy) is 2. The molecule has 0 aliphatic heterocycles. The fourth-order valence-corrected chi connectivity index (χ4v) is 4.22. The van der Waals surface area contributed by atoms with Crippen molar-refractivity contribution in [3.05, 3.63) is 0 Å². The van der Waals surface area contributed by atoms with Crippen molar-refractivity contribution in [2.24, 2.45) is 11.5 Å². The molecule has 0 spiro atoms. The zero-order chi connectivity index (χ0) is 25.2. The maximum atomic E-state index is 14.1. The molecule has 4 N–H and O–H groups in total. The minimum atomic E-state index is -6.40. The monoisotopic (exact) mass is 499 g/mol. The van der Waals surface area contributed by atoms with Crippen molar-refractivity contribution in [3.8, 4) is 0 Å². The number of halogens is 8.